The largest absolute Gasteiger partial charge is 0.465 e. The highest BCUT2D eigenvalue weighted by molar-refractivity contribution is 9.10. The van der Waals surface area contributed by atoms with Crippen LogP contribution in [0.25, 0.3) is 6.08 Å². The molecule has 0 N–H and O–H groups in total. The number of hydrogen-bond donors (Lipinski definition) is 0. The van der Waals surface area contributed by atoms with Gasteiger partial charge < -0.3 is 14.2 Å². The summed E-state index contributed by atoms with van der Waals surface area (Å²) in [6.07, 6.45) is 1.67. The molecule has 0 saturated heterocycles. The molecular formula is C23H20BrNO5. The molecule has 0 unspecified atom stereocenters. The zero-order valence-electron chi connectivity index (χ0n) is 17.0. The summed E-state index contributed by atoms with van der Waals surface area (Å²) in [5.41, 5.74) is 4.61. The van der Waals surface area contributed by atoms with Crippen LogP contribution in [0.2, 0.25) is 0 Å². The first-order valence-corrected chi connectivity index (χ1v) is 10.1. The maximum Gasteiger partial charge on any atom is 0.340 e. The summed E-state index contributed by atoms with van der Waals surface area (Å²) >= 11 is 3.51. The van der Waals surface area contributed by atoms with Gasteiger partial charge in [0.25, 0.3) is 5.91 Å². The molecule has 0 radical (unpaired) electrons. The standard InChI is InChI=1S/C23H20BrNO5/c1-12-5-6-16(7-13(12)2)25-14(3)21(23(27)28-4)17(22(25)26)8-15-9-19-20(10-18(15)24)30-11-29-19/h5-10H,11H2,1-4H3. The van der Waals surface area contributed by atoms with Gasteiger partial charge in [-0.15, -0.1) is 0 Å². The lowest BCUT2D eigenvalue weighted by molar-refractivity contribution is -0.136. The smallest absolute Gasteiger partial charge is 0.340 e. The van der Waals surface area contributed by atoms with E-state index < -0.39 is 5.97 Å². The highest BCUT2D eigenvalue weighted by atomic mass is 79.9. The van der Waals surface area contributed by atoms with Crippen LogP contribution in [0.4, 0.5) is 5.69 Å². The van der Waals surface area contributed by atoms with Crippen molar-refractivity contribution in [3.05, 3.63) is 68.3 Å². The highest BCUT2D eigenvalue weighted by Crippen LogP contribution is 2.40. The summed E-state index contributed by atoms with van der Waals surface area (Å²) in [6, 6.07) is 9.32. The van der Waals surface area contributed by atoms with E-state index in [1.54, 1.807) is 30.0 Å². The zero-order chi connectivity index (χ0) is 21.6. The van der Waals surface area contributed by atoms with Crippen molar-refractivity contribution in [3.8, 4) is 11.5 Å². The first-order valence-electron chi connectivity index (χ1n) is 9.34. The lowest BCUT2D eigenvalue weighted by Crippen LogP contribution is -2.24. The van der Waals surface area contributed by atoms with Crippen molar-refractivity contribution >= 4 is 39.6 Å². The van der Waals surface area contributed by atoms with Gasteiger partial charge in [-0.1, -0.05) is 22.0 Å². The average Bonchev–Trinajstić information content (AvgIpc) is 3.26. The van der Waals surface area contributed by atoms with E-state index >= 15 is 0 Å². The Morgan fingerprint density at radius 3 is 2.47 bits per heavy atom. The van der Waals surface area contributed by atoms with Crippen LogP contribution in [0.3, 0.4) is 0 Å². The second kappa shape index (κ2) is 7.65. The SMILES string of the molecule is COC(=O)C1=C(C)N(c2ccc(C)c(C)c2)C(=O)C1=Cc1cc2c(cc1Br)OCO2. The van der Waals surface area contributed by atoms with E-state index in [-0.39, 0.29) is 23.8 Å². The normalized spacial score (nSPS) is 16.6. The Morgan fingerprint density at radius 2 is 1.80 bits per heavy atom. The van der Waals surface area contributed by atoms with E-state index in [1.807, 2.05) is 32.0 Å². The van der Waals surface area contributed by atoms with Gasteiger partial charge in [0, 0.05) is 15.9 Å². The van der Waals surface area contributed by atoms with E-state index in [4.69, 9.17) is 14.2 Å². The van der Waals surface area contributed by atoms with Gasteiger partial charge in [0.05, 0.1) is 18.3 Å². The number of ether oxygens (including phenoxy) is 3. The lowest BCUT2D eigenvalue weighted by Gasteiger charge is -2.19. The summed E-state index contributed by atoms with van der Waals surface area (Å²) in [5, 5.41) is 0. The predicted molar refractivity (Wildman–Crippen MR) is 116 cm³/mol. The Morgan fingerprint density at radius 1 is 1.10 bits per heavy atom. The molecule has 1 amide bonds. The number of allylic oxidation sites excluding steroid dienone is 1. The minimum absolute atomic E-state index is 0.147. The van der Waals surface area contributed by atoms with Gasteiger partial charge in [-0.05, 0) is 67.8 Å². The number of anilines is 1. The van der Waals surface area contributed by atoms with E-state index in [0.717, 1.165) is 15.6 Å². The number of methoxy groups -OCH3 is 1. The zero-order valence-corrected chi connectivity index (χ0v) is 18.6. The quantitative estimate of drug-likeness (QED) is 0.482. The number of aryl methyl sites for hydroxylation is 2. The number of benzene rings is 2. The van der Waals surface area contributed by atoms with Gasteiger partial charge in [-0.3, -0.25) is 9.69 Å². The Kier molecular flexibility index (Phi) is 5.15. The molecule has 30 heavy (non-hydrogen) atoms. The van der Waals surface area contributed by atoms with Crippen LogP contribution in [0, 0.1) is 13.8 Å². The fourth-order valence-electron chi connectivity index (χ4n) is 3.55. The molecule has 2 aliphatic heterocycles. The number of fused-ring (bicyclic) bond motifs is 1. The number of halogens is 1. The summed E-state index contributed by atoms with van der Waals surface area (Å²) in [4.78, 5) is 27.6. The molecular weight excluding hydrogens is 450 g/mol. The monoisotopic (exact) mass is 469 g/mol. The fourth-order valence-corrected chi connectivity index (χ4v) is 3.99. The molecule has 154 valence electrons. The number of nitrogens with zero attached hydrogens (tertiary/aromatic N) is 1. The van der Waals surface area contributed by atoms with Crippen molar-refractivity contribution < 1.29 is 23.8 Å². The molecule has 2 aromatic rings. The van der Waals surface area contributed by atoms with Gasteiger partial charge in [0.15, 0.2) is 11.5 Å². The second-order valence-corrected chi connectivity index (χ2v) is 8.00. The van der Waals surface area contributed by atoms with Crippen LogP contribution < -0.4 is 14.4 Å². The third-order valence-corrected chi connectivity index (χ3v) is 6.02. The number of rotatable bonds is 3. The molecule has 0 saturated carbocycles. The van der Waals surface area contributed by atoms with Gasteiger partial charge >= 0.3 is 5.97 Å². The average molecular weight is 470 g/mol. The second-order valence-electron chi connectivity index (χ2n) is 7.15. The molecule has 2 aromatic carbocycles. The first-order chi connectivity index (χ1) is 14.3. The molecule has 2 heterocycles. The summed E-state index contributed by atoms with van der Waals surface area (Å²) < 4.78 is 16.5. The van der Waals surface area contributed by atoms with Gasteiger partial charge in [0.1, 0.15) is 0 Å². The van der Waals surface area contributed by atoms with E-state index in [2.05, 4.69) is 15.9 Å². The van der Waals surface area contributed by atoms with Crippen LogP contribution in [-0.2, 0) is 14.3 Å². The topological polar surface area (TPSA) is 65.1 Å². The van der Waals surface area contributed by atoms with Crippen LogP contribution in [0.5, 0.6) is 11.5 Å². The predicted octanol–water partition coefficient (Wildman–Crippen LogP) is 4.67. The maximum absolute atomic E-state index is 13.4. The molecule has 0 spiro atoms. The van der Waals surface area contributed by atoms with Crippen LogP contribution >= 0.6 is 15.9 Å². The van der Waals surface area contributed by atoms with Gasteiger partial charge in [-0.25, -0.2) is 4.79 Å². The molecule has 0 aromatic heterocycles. The Bertz CT molecular complexity index is 1150. The highest BCUT2D eigenvalue weighted by Gasteiger charge is 2.38. The van der Waals surface area contributed by atoms with Crippen molar-refractivity contribution in [2.45, 2.75) is 20.8 Å². The third kappa shape index (κ3) is 3.29. The van der Waals surface area contributed by atoms with Crippen molar-refractivity contribution in [2.75, 3.05) is 18.8 Å². The van der Waals surface area contributed by atoms with Crippen molar-refractivity contribution in [3.63, 3.8) is 0 Å². The minimum Gasteiger partial charge on any atom is -0.465 e. The molecule has 0 bridgehead atoms. The summed E-state index contributed by atoms with van der Waals surface area (Å²) in [6.45, 7) is 5.89. The number of carbonyl (C=O) groups is 2. The number of amides is 1. The van der Waals surface area contributed by atoms with Crippen LogP contribution in [0.15, 0.2) is 51.6 Å². The molecule has 0 atom stereocenters. The number of esters is 1. The fraction of sp³-hybridized carbons (Fsp3) is 0.217. The molecule has 4 rings (SSSR count). The van der Waals surface area contributed by atoms with Crippen molar-refractivity contribution in [2.24, 2.45) is 0 Å². The summed E-state index contributed by atoms with van der Waals surface area (Å²) in [5.74, 6) is 0.358. The molecule has 2 aliphatic rings. The minimum atomic E-state index is -0.560. The Labute approximate surface area is 182 Å². The Hall–Kier alpha value is -3.06. The van der Waals surface area contributed by atoms with Crippen LogP contribution in [-0.4, -0.2) is 25.8 Å². The number of hydrogen-bond acceptors (Lipinski definition) is 5. The summed E-state index contributed by atoms with van der Waals surface area (Å²) in [7, 11) is 1.31. The molecule has 7 heteroatoms. The maximum atomic E-state index is 13.4. The first kappa shape index (κ1) is 20.2. The van der Waals surface area contributed by atoms with Crippen molar-refractivity contribution in [1.29, 1.82) is 0 Å². The van der Waals surface area contributed by atoms with Crippen LogP contribution in [0.1, 0.15) is 23.6 Å². The molecule has 0 fully saturated rings. The molecule has 6 nitrogen and oxygen atoms in total. The number of carbonyl (C=O) groups excluding carboxylic acids is 2. The third-order valence-electron chi connectivity index (χ3n) is 5.33. The van der Waals surface area contributed by atoms with Gasteiger partial charge in [-0.2, -0.15) is 0 Å². The Balaban J connectivity index is 1.85. The molecule has 0 aliphatic carbocycles. The van der Waals surface area contributed by atoms with E-state index in [1.165, 1.54) is 7.11 Å². The lowest BCUT2D eigenvalue weighted by atomic mass is 10.0. The van der Waals surface area contributed by atoms with Crippen molar-refractivity contribution in [1.82, 2.24) is 0 Å². The van der Waals surface area contributed by atoms with Gasteiger partial charge in [0.2, 0.25) is 6.79 Å². The van der Waals surface area contributed by atoms with E-state index in [9.17, 15) is 9.59 Å². The van der Waals surface area contributed by atoms with E-state index in [0.29, 0.717) is 28.4 Å².